The van der Waals surface area contributed by atoms with Crippen molar-refractivity contribution in [2.75, 3.05) is 7.11 Å². The Kier molecular flexibility index (Phi) is 4.18. The van der Waals surface area contributed by atoms with E-state index in [0.29, 0.717) is 17.9 Å². The van der Waals surface area contributed by atoms with Crippen molar-refractivity contribution in [3.8, 4) is 5.75 Å². The van der Waals surface area contributed by atoms with Gasteiger partial charge in [-0.2, -0.15) is 0 Å². The molecule has 98 valence electrons. The average Bonchev–Trinajstić information content (AvgIpc) is 2.46. The highest BCUT2D eigenvalue weighted by Gasteiger charge is 2.06. The molecule has 3 heteroatoms. The standard InChI is InChI=1S/C16H16O3/c1-12-6-8-13(9-7-12)11-19-15-5-3-4-14(10-15)16(17)18-2/h3-10H,11H2,1-2H3. The summed E-state index contributed by atoms with van der Waals surface area (Å²) < 4.78 is 10.3. The molecule has 3 nitrogen and oxygen atoms in total. The molecule has 0 aliphatic carbocycles. The normalized spacial score (nSPS) is 10.0. The van der Waals surface area contributed by atoms with Gasteiger partial charge >= 0.3 is 5.97 Å². The lowest BCUT2D eigenvalue weighted by Crippen LogP contribution is -2.02. The molecule has 2 aromatic carbocycles. The molecule has 0 amide bonds. The molecule has 2 rings (SSSR count). The van der Waals surface area contributed by atoms with Gasteiger partial charge in [0.25, 0.3) is 0 Å². The van der Waals surface area contributed by atoms with E-state index in [4.69, 9.17) is 4.74 Å². The Labute approximate surface area is 112 Å². The third kappa shape index (κ3) is 3.58. The van der Waals surface area contributed by atoms with Crippen molar-refractivity contribution in [1.82, 2.24) is 0 Å². The van der Waals surface area contributed by atoms with Crippen LogP contribution in [-0.2, 0) is 11.3 Å². The SMILES string of the molecule is COC(=O)c1cccc(OCc2ccc(C)cc2)c1. The number of rotatable bonds is 4. The van der Waals surface area contributed by atoms with Crippen molar-refractivity contribution < 1.29 is 14.3 Å². The summed E-state index contributed by atoms with van der Waals surface area (Å²) in [6, 6.07) is 15.1. The summed E-state index contributed by atoms with van der Waals surface area (Å²) in [7, 11) is 1.36. The first-order valence-corrected chi connectivity index (χ1v) is 6.06. The Hall–Kier alpha value is -2.29. The number of carbonyl (C=O) groups is 1. The van der Waals surface area contributed by atoms with Gasteiger partial charge in [-0.25, -0.2) is 4.79 Å². The second kappa shape index (κ2) is 6.05. The lowest BCUT2D eigenvalue weighted by Gasteiger charge is -2.07. The van der Waals surface area contributed by atoms with E-state index in [2.05, 4.69) is 4.74 Å². The first-order valence-electron chi connectivity index (χ1n) is 6.06. The fourth-order valence-corrected chi connectivity index (χ4v) is 1.68. The Morgan fingerprint density at radius 2 is 1.84 bits per heavy atom. The first-order chi connectivity index (χ1) is 9.19. The van der Waals surface area contributed by atoms with Crippen molar-refractivity contribution in [2.45, 2.75) is 13.5 Å². The molecule has 0 fully saturated rings. The van der Waals surface area contributed by atoms with Gasteiger partial charge in [-0.05, 0) is 30.7 Å². The first kappa shape index (κ1) is 13.1. The third-order valence-electron chi connectivity index (χ3n) is 2.78. The van der Waals surface area contributed by atoms with E-state index < -0.39 is 0 Å². The number of hydrogen-bond donors (Lipinski definition) is 0. The maximum absolute atomic E-state index is 11.4. The summed E-state index contributed by atoms with van der Waals surface area (Å²) in [4.78, 5) is 11.4. The zero-order valence-electron chi connectivity index (χ0n) is 11.1. The van der Waals surface area contributed by atoms with E-state index in [1.54, 1.807) is 18.2 Å². The summed E-state index contributed by atoms with van der Waals surface area (Å²) in [6.07, 6.45) is 0. The van der Waals surface area contributed by atoms with Crippen LogP contribution in [0.4, 0.5) is 0 Å². The number of esters is 1. The molecular formula is C16H16O3. The monoisotopic (exact) mass is 256 g/mol. The quantitative estimate of drug-likeness (QED) is 0.787. The van der Waals surface area contributed by atoms with Gasteiger partial charge in [0.2, 0.25) is 0 Å². The minimum absolute atomic E-state index is 0.360. The Balaban J connectivity index is 2.03. The number of carbonyl (C=O) groups excluding carboxylic acids is 1. The fraction of sp³-hybridized carbons (Fsp3) is 0.188. The largest absolute Gasteiger partial charge is 0.489 e. The molecule has 0 spiro atoms. The topological polar surface area (TPSA) is 35.5 Å². The van der Waals surface area contributed by atoms with Gasteiger partial charge in [0.05, 0.1) is 12.7 Å². The zero-order valence-corrected chi connectivity index (χ0v) is 11.1. The van der Waals surface area contributed by atoms with E-state index in [9.17, 15) is 4.79 Å². The summed E-state index contributed by atoms with van der Waals surface area (Å²) in [5.41, 5.74) is 2.80. The van der Waals surface area contributed by atoms with Gasteiger partial charge in [0, 0.05) is 0 Å². The molecule has 0 radical (unpaired) electrons. The Bertz CT molecular complexity index is 558. The average molecular weight is 256 g/mol. The molecular weight excluding hydrogens is 240 g/mol. The van der Waals surface area contributed by atoms with Crippen molar-refractivity contribution in [1.29, 1.82) is 0 Å². The number of hydrogen-bond acceptors (Lipinski definition) is 3. The van der Waals surface area contributed by atoms with Crippen LogP contribution < -0.4 is 4.74 Å². The zero-order chi connectivity index (χ0) is 13.7. The van der Waals surface area contributed by atoms with Crippen molar-refractivity contribution in [3.63, 3.8) is 0 Å². The van der Waals surface area contributed by atoms with Crippen LogP contribution in [0.5, 0.6) is 5.75 Å². The smallest absolute Gasteiger partial charge is 0.337 e. The summed E-state index contributed by atoms with van der Waals surface area (Å²) in [5, 5.41) is 0. The van der Waals surface area contributed by atoms with Crippen LogP contribution in [0.1, 0.15) is 21.5 Å². The number of methoxy groups -OCH3 is 1. The van der Waals surface area contributed by atoms with Crippen LogP contribution in [-0.4, -0.2) is 13.1 Å². The van der Waals surface area contributed by atoms with E-state index >= 15 is 0 Å². The van der Waals surface area contributed by atoms with Gasteiger partial charge in [-0.1, -0.05) is 35.9 Å². The van der Waals surface area contributed by atoms with Gasteiger partial charge in [0.15, 0.2) is 0 Å². The Morgan fingerprint density at radius 3 is 2.53 bits per heavy atom. The predicted octanol–water partition coefficient (Wildman–Crippen LogP) is 3.36. The summed E-state index contributed by atoms with van der Waals surface area (Å²) in [6.45, 7) is 2.52. The summed E-state index contributed by atoms with van der Waals surface area (Å²) >= 11 is 0. The Morgan fingerprint density at radius 1 is 1.11 bits per heavy atom. The van der Waals surface area contributed by atoms with Gasteiger partial charge in [0.1, 0.15) is 12.4 Å². The van der Waals surface area contributed by atoms with Crippen LogP contribution in [0.25, 0.3) is 0 Å². The van der Waals surface area contributed by atoms with E-state index in [-0.39, 0.29) is 5.97 Å². The van der Waals surface area contributed by atoms with Gasteiger partial charge in [-0.3, -0.25) is 0 Å². The molecule has 0 heterocycles. The maximum atomic E-state index is 11.4. The third-order valence-corrected chi connectivity index (χ3v) is 2.78. The van der Waals surface area contributed by atoms with Crippen LogP contribution in [0.15, 0.2) is 48.5 Å². The molecule has 0 aromatic heterocycles. The lowest BCUT2D eigenvalue weighted by molar-refractivity contribution is 0.0600. The minimum Gasteiger partial charge on any atom is -0.489 e. The number of benzene rings is 2. The second-order valence-electron chi connectivity index (χ2n) is 4.29. The molecule has 19 heavy (non-hydrogen) atoms. The highest BCUT2D eigenvalue weighted by Crippen LogP contribution is 2.16. The van der Waals surface area contributed by atoms with Crippen LogP contribution in [0.2, 0.25) is 0 Å². The predicted molar refractivity (Wildman–Crippen MR) is 73.3 cm³/mol. The molecule has 0 atom stereocenters. The minimum atomic E-state index is -0.360. The van der Waals surface area contributed by atoms with Gasteiger partial charge in [-0.15, -0.1) is 0 Å². The molecule has 0 unspecified atom stereocenters. The molecule has 0 saturated carbocycles. The molecule has 0 aliphatic rings. The molecule has 0 N–H and O–H groups in total. The number of ether oxygens (including phenoxy) is 2. The van der Waals surface area contributed by atoms with Crippen LogP contribution in [0.3, 0.4) is 0 Å². The van der Waals surface area contributed by atoms with Crippen LogP contribution >= 0.6 is 0 Å². The molecule has 0 bridgehead atoms. The lowest BCUT2D eigenvalue weighted by atomic mass is 10.2. The second-order valence-corrected chi connectivity index (χ2v) is 4.29. The summed E-state index contributed by atoms with van der Waals surface area (Å²) in [5.74, 6) is 0.296. The molecule has 2 aromatic rings. The van der Waals surface area contributed by atoms with Crippen molar-refractivity contribution in [2.24, 2.45) is 0 Å². The van der Waals surface area contributed by atoms with Crippen molar-refractivity contribution in [3.05, 3.63) is 65.2 Å². The molecule has 0 aliphatic heterocycles. The molecule has 0 saturated heterocycles. The van der Waals surface area contributed by atoms with E-state index in [0.717, 1.165) is 5.56 Å². The highest BCUT2D eigenvalue weighted by atomic mass is 16.5. The van der Waals surface area contributed by atoms with E-state index in [1.807, 2.05) is 37.3 Å². The van der Waals surface area contributed by atoms with E-state index in [1.165, 1.54) is 12.7 Å². The van der Waals surface area contributed by atoms with Crippen LogP contribution in [0, 0.1) is 6.92 Å². The fourth-order valence-electron chi connectivity index (χ4n) is 1.68. The maximum Gasteiger partial charge on any atom is 0.337 e. The van der Waals surface area contributed by atoms with Gasteiger partial charge < -0.3 is 9.47 Å². The van der Waals surface area contributed by atoms with Crippen molar-refractivity contribution >= 4 is 5.97 Å². The highest BCUT2D eigenvalue weighted by molar-refractivity contribution is 5.89. The number of aryl methyl sites for hydroxylation is 1.